The number of fused-ring (bicyclic) bond motifs is 1. The van der Waals surface area contributed by atoms with Gasteiger partial charge in [-0.15, -0.1) is 0 Å². The Morgan fingerprint density at radius 3 is 2.70 bits per heavy atom. The van der Waals surface area contributed by atoms with E-state index in [1.54, 1.807) is 17.1 Å². The van der Waals surface area contributed by atoms with Gasteiger partial charge in [-0.3, -0.25) is 19.6 Å². The van der Waals surface area contributed by atoms with Gasteiger partial charge in [-0.1, -0.05) is 13.8 Å². The molecule has 6 nitrogen and oxygen atoms in total. The van der Waals surface area contributed by atoms with E-state index >= 15 is 0 Å². The molecule has 3 rings (SSSR count). The predicted octanol–water partition coefficient (Wildman–Crippen LogP) is 1.98. The van der Waals surface area contributed by atoms with Crippen molar-refractivity contribution in [3.63, 3.8) is 0 Å². The van der Waals surface area contributed by atoms with Crippen LogP contribution in [0.25, 0.3) is 22.2 Å². The van der Waals surface area contributed by atoms with Crippen molar-refractivity contribution in [3.8, 4) is 11.1 Å². The second kappa shape index (κ2) is 6.34. The number of nitrogens with one attached hydrogen (secondary N) is 1. The lowest BCUT2D eigenvalue weighted by Crippen LogP contribution is -2.08. The molecular formula is C17H20N4O2. The molecule has 6 heteroatoms. The van der Waals surface area contributed by atoms with Gasteiger partial charge in [0.25, 0.3) is 5.56 Å². The van der Waals surface area contributed by atoms with E-state index in [9.17, 15) is 4.79 Å². The number of hydrogen-bond donors (Lipinski definition) is 2. The smallest absolute Gasteiger partial charge is 0.273 e. The van der Waals surface area contributed by atoms with E-state index < -0.39 is 0 Å². The molecule has 3 aromatic heterocycles. The van der Waals surface area contributed by atoms with Gasteiger partial charge < -0.3 is 5.11 Å². The van der Waals surface area contributed by atoms with Gasteiger partial charge in [0.2, 0.25) is 0 Å². The minimum Gasteiger partial charge on any atom is -0.394 e. The molecule has 120 valence electrons. The number of hydrogen-bond acceptors (Lipinski definition) is 4. The van der Waals surface area contributed by atoms with Crippen LogP contribution in [0.2, 0.25) is 0 Å². The van der Waals surface area contributed by atoms with Crippen LogP contribution in [0, 0.1) is 5.92 Å². The van der Waals surface area contributed by atoms with Crippen LogP contribution in [0.3, 0.4) is 0 Å². The van der Waals surface area contributed by atoms with Crippen molar-refractivity contribution in [2.45, 2.75) is 26.8 Å². The Balaban J connectivity index is 2.25. The Kier molecular flexibility index (Phi) is 4.25. The van der Waals surface area contributed by atoms with E-state index in [2.05, 4.69) is 23.9 Å². The molecule has 0 spiro atoms. The lowest BCUT2D eigenvalue weighted by Gasteiger charge is -2.12. The Morgan fingerprint density at radius 2 is 2.04 bits per heavy atom. The van der Waals surface area contributed by atoms with E-state index in [1.807, 2.05) is 18.2 Å². The van der Waals surface area contributed by atoms with Crippen LogP contribution in [-0.2, 0) is 13.0 Å². The van der Waals surface area contributed by atoms with Gasteiger partial charge >= 0.3 is 0 Å². The first kappa shape index (κ1) is 15.4. The van der Waals surface area contributed by atoms with E-state index in [-0.39, 0.29) is 12.2 Å². The fraction of sp³-hybridized carbons (Fsp3) is 0.353. The second-order valence-electron chi connectivity index (χ2n) is 6.00. The zero-order valence-corrected chi connectivity index (χ0v) is 13.3. The van der Waals surface area contributed by atoms with Gasteiger partial charge in [-0.25, -0.2) is 4.98 Å². The van der Waals surface area contributed by atoms with Crippen LogP contribution in [0.15, 0.2) is 35.4 Å². The SMILES string of the molecule is CC(C)Cc1nc2c(cc1-c1ccncc1)c(=O)[nH]n2CCO. The summed E-state index contributed by atoms with van der Waals surface area (Å²) in [4.78, 5) is 21.0. The second-order valence-corrected chi connectivity index (χ2v) is 6.00. The van der Waals surface area contributed by atoms with Crippen LogP contribution < -0.4 is 5.56 Å². The number of rotatable bonds is 5. The molecule has 3 aromatic rings. The fourth-order valence-electron chi connectivity index (χ4n) is 2.73. The zero-order valence-electron chi connectivity index (χ0n) is 13.3. The van der Waals surface area contributed by atoms with Gasteiger partial charge in [0.05, 0.1) is 24.2 Å². The minimum absolute atomic E-state index is 0.0486. The molecule has 3 heterocycles. The first-order valence-corrected chi connectivity index (χ1v) is 7.74. The van der Waals surface area contributed by atoms with E-state index in [4.69, 9.17) is 10.1 Å². The van der Waals surface area contributed by atoms with Crippen molar-refractivity contribution < 1.29 is 5.11 Å². The Hall–Kier alpha value is -2.47. The molecule has 0 aromatic carbocycles. The third-order valence-electron chi connectivity index (χ3n) is 3.73. The summed E-state index contributed by atoms with van der Waals surface area (Å²) in [6.07, 6.45) is 4.28. The molecule has 0 bridgehead atoms. The molecule has 0 fully saturated rings. The molecule has 0 amide bonds. The number of pyridine rings is 2. The lowest BCUT2D eigenvalue weighted by atomic mass is 9.98. The molecule has 0 atom stereocenters. The molecule has 0 aliphatic heterocycles. The summed E-state index contributed by atoms with van der Waals surface area (Å²) in [5, 5.41) is 12.4. The summed E-state index contributed by atoms with van der Waals surface area (Å²) in [5.41, 5.74) is 3.31. The fourth-order valence-corrected chi connectivity index (χ4v) is 2.73. The van der Waals surface area contributed by atoms with Crippen LogP contribution in [0.1, 0.15) is 19.5 Å². The monoisotopic (exact) mass is 312 g/mol. The molecule has 0 saturated heterocycles. The average Bonchev–Trinajstić information content (AvgIpc) is 2.83. The van der Waals surface area contributed by atoms with Gasteiger partial charge in [-0.2, -0.15) is 0 Å². The molecule has 0 unspecified atom stereocenters. The first-order valence-electron chi connectivity index (χ1n) is 7.74. The molecule has 0 aliphatic rings. The van der Waals surface area contributed by atoms with Crippen molar-refractivity contribution >= 4 is 11.0 Å². The maximum atomic E-state index is 12.2. The Labute approximate surface area is 133 Å². The van der Waals surface area contributed by atoms with Crippen molar-refractivity contribution in [2.75, 3.05) is 6.61 Å². The van der Waals surface area contributed by atoms with Crippen LogP contribution >= 0.6 is 0 Å². The third kappa shape index (κ3) is 3.03. The average molecular weight is 312 g/mol. The van der Waals surface area contributed by atoms with Crippen LogP contribution in [-0.4, -0.2) is 31.5 Å². The first-order chi connectivity index (χ1) is 11.1. The van der Waals surface area contributed by atoms with E-state index in [0.717, 1.165) is 23.2 Å². The molecule has 23 heavy (non-hydrogen) atoms. The highest BCUT2D eigenvalue weighted by Gasteiger charge is 2.15. The zero-order chi connectivity index (χ0) is 16.4. The van der Waals surface area contributed by atoms with Crippen molar-refractivity contribution in [1.29, 1.82) is 0 Å². The third-order valence-corrected chi connectivity index (χ3v) is 3.73. The highest BCUT2D eigenvalue weighted by molar-refractivity contribution is 5.82. The quantitative estimate of drug-likeness (QED) is 0.754. The van der Waals surface area contributed by atoms with Crippen LogP contribution in [0.5, 0.6) is 0 Å². The number of aromatic nitrogens is 4. The molecular weight excluding hydrogens is 292 g/mol. The van der Waals surface area contributed by atoms with Crippen molar-refractivity contribution in [1.82, 2.24) is 19.7 Å². The van der Waals surface area contributed by atoms with Crippen molar-refractivity contribution in [3.05, 3.63) is 46.6 Å². The highest BCUT2D eigenvalue weighted by Crippen LogP contribution is 2.26. The topological polar surface area (TPSA) is 83.8 Å². The standard InChI is InChI=1S/C17H20N4O2/c1-11(2)9-15-13(12-3-5-18-6-4-12)10-14-16(19-15)21(7-8-22)20-17(14)23/h3-6,10-11,22H,7-9H2,1-2H3,(H,20,23). The minimum atomic E-state index is -0.188. The number of aromatic amines is 1. The van der Waals surface area contributed by atoms with Gasteiger partial charge in [-0.05, 0) is 36.1 Å². The number of aliphatic hydroxyl groups is 1. The maximum absolute atomic E-state index is 12.2. The summed E-state index contributed by atoms with van der Waals surface area (Å²) in [7, 11) is 0. The largest absolute Gasteiger partial charge is 0.394 e. The lowest BCUT2D eigenvalue weighted by molar-refractivity contribution is 0.271. The predicted molar refractivity (Wildman–Crippen MR) is 89.2 cm³/mol. The van der Waals surface area contributed by atoms with E-state index in [1.165, 1.54) is 0 Å². The molecule has 0 radical (unpaired) electrons. The summed E-state index contributed by atoms with van der Waals surface area (Å²) < 4.78 is 1.61. The summed E-state index contributed by atoms with van der Waals surface area (Å²) in [5.74, 6) is 0.442. The van der Waals surface area contributed by atoms with Crippen LogP contribution in [0.4, 0.5) is 0 Å². The maximum Gasteiger partial charge on any atom is 0.273 e. The normalized spacial score (nSPS) is 11.5. The Morgan fingerprint density at radius 1 is 1.30 bits per heavy atom. The van der Waals surface area contributed by atoms with Gasteiger partial charge in [0, 0.05) is 18.0 Å². The molecule has 0 aliphatic carbocycles. The van der Waals surface area contributed by atoms with E-state index in [0.29, 0.717) is 23.5 Å². The van der Waals surface area contributed by atoms with Crippen molar-refractivity contribution in [2.24, 2.45) is 5.92 Å². The molecule has 2 N–H and O–H groups in total. The molecule has 0 saturated carbocycles. The summed E-state index contributed by atoms with van der Waals surface area (Å²) in [6.45, 7) is 4.55. The summed E-state index contributed by atoms with van der Waals surface area (Å²) in [6, 6.07) is 5.74. The Bertz CT molecular complexity index is 865. The highest BCUT2D eigenvalue weighted by atomic mass is 16.3. The summed E-state index contributed by atoms with van der Waals surface area (Å²) >= 11 is 0. The van der Waals surface area contributed by atoms with Gasteiger partial charge in [0.1, 0.15) is 0 Å². The van der Waals surface area contributed by atoms with Gasteiger partial charge in [0.15, 0.2) is 5.65 Å². The number of nitrogens with zero attached hydrogens (tertiary/aromatic N) is 3. The number of aliphatic hydroxyl groups excluding tert-OH is 1. The number of H-pyrrole nitrogens is 1.